The third-order valence-electron chi connectivity index (χ3n) is 2.70. The minimum absolute atomic E-state index is 0.217. The molecule has 4 N–H and O–H groups in total. The largest absolute Gasteiger partial charge is 0.345 e. The number of rotatable bonds is 5. The molecule has 0 atom stereocenters. The Balaban J connectivity index is 2.08. The van der Waals surface area contributed by atoms with E-state index in [0.29, 0.717) is 17.2 Å². The Morgan fingerprint density at radius 2 is 2.25 bits per heavy atom. The molecule has 8 nitrogen and oxygen atoms in total. The van der Waals surface area contributed by atoms with Gasteiger partial charge >= 0.3 is 0 Å². The predicted molar refractivity (Wildman–Crippen MR) is 73.6 cm³/mol. The van der Waals surface area contributed by atoms with Crippen LogP contribution < -0.4 is 16.6 Å². The van der Waals surface area contributed by atoms with Gasteiger partial charge in [0.15, 0.2) is 5.82 Å². The van der Waals surface area contributed by atoms with Gasteiger partial charge in [-0.3, -0.25) is 9.48 Å². The van der Waals surface area contributed by atoms with Crippen LogP contribution in [0.15, 0.2) is 18.5 Å². The predicted octanol–water partition coefficient (Wildman–Crippen LogP) is -0.0119. The summed E-state index contributed by atoms with van der Waals surface area (Å²) in [6.07, 6.45) is 2.30. The molecule has 0 bridgehead atoms. The van der Waals surface area contributed by atoms with E-state index in [0.717, 1.165) is 12.1 Å². The van der Waals surface area contributed by atoms with Crippen LogP contribution in [0.4, 0.5) is 5.82 Å². The molecule has 0 saturated heterocycles. The zero-order chi connectivity index (χ0) is 14.5. The molecule has 0 unspecified atom stereocenters. The highest BCUT2D eigenvalue weighted by Crippen LogP contribution is 2.10. The molecule has 2 heterocycles. The molecule has 0 aliphatic rings. The van der Waals surface area contributed by atoms with Crippen LogP contribution in [-0.2, 0) is 20.0 Å². The molecule has 106 valence electrons. The maximum absolute atomic E-state index is 12.1. The quantitative estimate of drug-likeness (QED) is 0.523. The van der Waals surface area contributed by atoms with Gasteiger partial charge in [-0.1, -0.05) is 6.92 Å². The van der Waals surface area contributed by atoms with Gasteiger partial charge < -0.3 is 10.7 Å². The summed E-state index contributed by atoms with van der Waals surface area (Å²) in [5.41, 5.74) is 3.75. The van der Waals surface area contributed by atoms with Crippen LogP contribution in [0.3, 0.4) is 0 Å². The van der Waals surface area contributed by atoms with Gasteiger partial charge in [0.05, 0.1) is 6.54 Å². The van der Waals surface area contributed by atoms with E-state index in [1.165, 1.54) is 0 Å². The van der Waals surface area contributed by atoms with Gasteiger partial charge in [0.2, 0.25) is 0 Å². The lowest BCUT2D eigenvalue weighted by atomic mass is 10.2. The third-order valence-corrected chi connectivity index (χ3v) is 2.70. The van der Waals surface area contributed by atoms with Crippen molar-refractivity contribution in [1.82, 2.24) is 25.1 Å². The molecule has 2 rings (SSSR count). The molecule has 0 radical (unpaired) electrons. The Kier molecular flexibility index (Phi) is 4.26. The first-order chi connectivity index (χ1) is 9.62. The number of aromatic nitrogens is 4. The van der Waals surface area contributed by atoms with Gasteiger partial charge in [0.25, 0.3) is 5.91 Å². The van der Waals surface area contributed by atoms with Crippen LogP contribution >= 0.6 is 0 Å². The number of hydrazine groups is 1. The molecule has 0 saturated carbocycles. The average molecular weight is 275 g/mol. The van der Waals surface area contributed by atoms with Crippen LogP contribution in [0, 0.1) is 0 Å². The summed E-state index contributed by atoms with van der Waals surface area (Å²) in [6, 6.07) is 3.34. The number of hydrogen-bond acceptors (Lipinski definition) is 6. The number of nitrogens with two attached hydrogens (primary N) is 1. The highest BCUT2D eigenvalue weighted by atomic mass is 16.1. The second-order valence-corrected chi connectivity index (χ2v) is 4.25. The van der Waals surface area contributed by atoms with Crippen molar-refractivity contribution in [3.05, 3.63) is 35.5 Å². The molecule has 0 aliphatic heterocycles. The van der Waals surface area contributed by atoms with E-state index in [4.69, 9.17) is 5.84 Å². The van der Waals surface area contributed by atoms with Crippen molar-refractivity contribution in [3.8, 4) is 0 Å². The van der Waals surface area contributed by atoms with E-state index < -0.39 is 0 Å². The second kappa shape index (κ2) is 6.11. The number of amides is 1. The number of nitrogens with zero attached hydrogens (tertiary/aromatic N) is 4. The number of carbonyl (C=O) groups is 1. The minimum Gasteiger partial charge on any atom is -0.345 e. The smallest absolute Gasteiger partial charge is 0.251 e. The fraction of sp³-hybridized carbons (Fsp3) is 0.333. The molecule has 0 aromatic carbocycles. The molecule has 2 aromatic rings. The first kappa shape index (κ1) is 13.9. The zero-order valence-electron chi connectivity index (χ0n) is 11.4. The van der Waals surface area contributed by atoms with Crippen molar-refractivity contribution >= 4 is 11.7 Å². The highest BCUT2D eigenvalue weighted by molar-refractivity contribution is 5.94. The molecule has 8 heteroatoms. The van der Waals surface area contributed by atoms with Crippen LogP contribution in [0.2, 0.25) is 0 Å². The maximum Gasteiger partial charge on any atom is 0.251 e. The number of hydrogen-bond donors (Lipinski definition) is 3. The summed E-state index contributed by atoms with van der Waals surface area (Å²) < 4.78 is 1.58. The Labute approximate surface area is 116 Å². The summed E-state index contributed by atoms with van der Waals surface area (Å²) in [6.45, 7) is 2.23. The SMILES string of the molecule is CCc1cc(C(=O)NCc2ncn(C)n2)cc(NN)n1. The summed E-state index contributed by atoms with van der Waals surface area (Å²) >= 11 is 0. The lowest BCUT2D eigenvalue weighted by Crippen LogP contribution is -2.24. The molecule has 0 spiro atoms. The fourth-order valence-electron chi connectivity index (χ4n) is 1.70. The number of aryl methyl sites for hydroxylation is 2. The fourth-order valence-corrected chi connectivity index (χ4v) is 1.70. The number of pyridine rings is 1. The summed E-state index contributed by atoms with van der Waals surface area (Å²) in [5, 5.41) is 6.85. The summed E-state index contributed by atoms with van der Waals surface area (Å²) in [5.74, 6) is 6.15. The Morgan fingerprint density at radius 1 is 1.45 bits per heavy atom. The molecule has 1 amide bonds. The van der Waals surface area contributed by atoms with Crippen LogP contribution in [-0.4, -0.2) is 25.7 Å². The number of nitrogens with one attached hydrogen (secondary N) is 2. The van der Waals surface area contributed by atoms with Gasteiger partial charge in [-0.2, -0.15) is 5.10 Å². The van der Waals surface area contributed by atoms with Crippen molar-refractivity contribution in [1.29, 1.82) is 0 Å². The van der Waals surface area contributed by atoms with E-state index in [2.05, 4.69) is 25.8 Å². The number of anilines is 1. The van der Waals surface area contributed by atoms with E-state index >= 15 is 0 Å². The van der Waals surface area contributed by atoms with Crippen LogP contribution in [0.1, 0.15) is 28.8 Å². The van der Waals surface area contributed by atoms with E-state index in [9.17, 15) is 4.79 Å². The van der Waals surface area contributed by atoms with Gasteiger partial charge in [0.1, 0.15) is 12.1 Å². The first-order valence-electron chi connectivity index (χ1n) is 6.22. The Morgan fingerprint density at radius 3 is 2.85 bits per heavy atom. The van der Waals surface area contributed by atoms with E-state index in [1.807, 2.05) is 6.92 Å². The lowest BCUT2D eigenvalue weighted by molar-refractivity contribution is 0.0949. The Hall–Kier alpha value is -2.48. The van der Waals surface area contributed by atoms with Crippen molar-refractivity contribution in [2.45, 2.75) is 19.9 Å². The topological polar surface area (TPSA) is 111 Å². The molecule has 2 aromatic heterocycles. The number of nitrogen functional groups attached to an aromatic ring is 1. The van der Waals surface area contributed by atoms with Crippen molar-refractivity contribution in [2.75, 3.05) is 5.43 Å². The Bertz CT molecular complexity index is 585. The van der Waals surface area contributed by atoms with Crippen LogP contribution in [0.25, 0.3) is 0 Å². The monoisotopic (exact) mass is 275 g/mol. The zero-order valence-corrected chi connectivity index (χ0v) is 11.4. The van der Waals surface area contributed by atoms with Crippen molar-refractivity contribution in [3.63, 3.8) is 0 Å². The molecule has 20 heavy (non-hydrogen) atoms. The van der Waals surface area contributed by atoms with Gasteiger partial charge in [-0.05, 0) is 18.6 Å². The normalized spacial score (nSPS) is 10.3. The van der Waals surface area contributed by atoms with Gasteiger partial charge in [-0.25, -0.2) is 15.8 Å². The van der Waals surface area contributed by atoms with Gasteiger partial charge in [0, 0.05) is 18.3 Å². The standard InChI is InChI=1S/C12H17N7O/c1-3-9-4-8(5-10(16-9)17-13)12(20)14-6-11-15-7-19(2)18-11/h4-5,7H,3,6,13H2,1-2H3,(H,14,20)(H,16,17). The third kappa shape index (κ3) is 3.29. The van der Waals surface area contributed by atoms with Crippen LogP contribution in [0.5, 0.6) is 0 Å². The molecule has 0 aliphatic carbocycles. The lowest BCUT2D eigenvalue weighted by Gasteiger charge is -2.07. The minimum atomic E-state index is -0.217. The summed E-state index contributed by atoms with van der Waals surface area (Å²) in [4.78, 5) is 20.4. The average Bonchev–Trinajstić information content (AvgIpc) is 2.89. The van der Waals surface area contributed by atoms with Crippen molar-refractivity contribution < 1.29 is 4.79 Å². The molecule has 0 fully saturated rings. The summed E-state index contributed by atoms with van der Waals surface area (Å²) in [7, 11) is 1.77. The first-order valence-corrected chi connectivity index (χ1v) is 6.22. The second-order valence-electron chi connectivity index (χ2n) is 4.25. The van der Waals surface area contributed by atoms with Crippen molar-refractivity contribution in [2.24, 2.45) is 12.9 Å². The van der Waals surface area contributed by atoms with E-state index in [1.54, 1.807) is 30.2 Å². The maximum atomic E-state index is 12.1. The molecular formula is C12H17N7O. The molecular weight excluding hydrogens is 258 g/mol. The van der Waals surface area contributed by atoms with E-state index in [-0.39, 0.29) is 12.5 Å². The van der Waals surface area contributed by atoms with Gasteiger partial charge in [-0.15, -0.1) is 0 Å². The number of carbonyl (C=O) groups excluding carboxylic acids is 1. The highest BCUT2D eigenvalue weighted by Gasteiger charge is 2.10.